The molecule has 1 N–H and O–H groups in total. The third-order valence-corrected chi connectivity index (χ3v) is 8.26. The quantitative estimate of drug-likeness (QED) is 0.0778. The average Bonchev–Trinajstić information content (AvgIpc) is 3.01. The van der Waals surface area contributed by atoms with Crippen LogP contribution in [0.1, 0.15) is 153 Å². The van der Waals surface area contributed by atoms with E-state index in [-0.39, 0.29) is 5.56 Å². The van der Waals surface area contributed by atoms with E-state index in [9.17, 15) is 9.90 Å². The molecule has 1 aromatic heterocycles. The monoisotopic (exact) mass is 592 g/mol. The second-order valence-corrected chi connectivity index (χ2v) is 12.1. The highest BCUT2D eigenvalue weighted by atomic mass is 16.5. The highest BCUT2D eigenvalue weighted by Gasteiger charge is 2.13. The first-order valence-corrected chi connectivity index (χ1v) is 17.4. The molecule has 0 radical (unpaired) electrons. The van der Waals surface area contributed by atoms with Crippen LogP contribution in [0.15, 0.2) is 30.3 Å². The molecule has 0 aliphatic rings. The number of benzene rings is 2. The van der Waals surface area contributed by atoms with Gasteiger partial charge in [0.25, 0.3) is 0 Å². The van der Waals surface area contributed by atoms with Crippen LogP contribution >= 0.6 is 0 Å². The number of carboxylic acid groups (broad SMARTS) is 1. The van der Waals surface area contributed by atoms with Gasteiger partial charge >= 0.3 is 5.97 Å². The molecule has 0 aliphatic carbocycles. The van der Waals surface area contributed by atoms with Crippen LogP contribution in [-0.4, -0.2) is 34.3 Å². The Labute approximate surface area is 260 Å². The lowest BCUT2D eigenvalue weighted by Gasteiger charge is -2.14. The summed E-state index contributed by atoms with van der Waals surface area (Å²) in [6.07, 6.45) is 25.7. The highest BCUT2D eigenvalue weighted by Crippen LogP contribution is 2.33. The molecule has 0 saturated carbocycles. The molecular formula is C37H56N2O4. The predicted octanol–water partition coefficient (Wildman–Crippen LogP) is 11.1. The zero-order valence-corrected chi connectivity index (χ0v) is 27.0. The van der Waals surface area contributed by atoms with Crippen molar-refractivity contribution < 1.29 is 19.4 Å². The first-order chi connectivity index (χ1) is 21.1. The summed E-state index contributed by atoms with van der Waals surface area (Å²) in [4.78, 5) is 20.9. The Hall–Kier alpha value is -2.89. The summed E-state index contributed by atoms with van der Waals surface area (Å²) in [6, 6.07) is 8.68. The van der Waals surface area contributed by atoms with Crippen molar-refractivity contribution in [2.75, 3.05) is 13.2 Å². The van der Waals surface area contributed by atoms with Crippen LogP contribution in [0.25, 0.3) is 22.1 Å². The molecule has 0 unspecified atom stereocenters. The van der Waals surface area contributed by atoms with Crippen molar-refractivity contribution in [3.8, 4) is 11.5 Å². The zero-order chi connectivity index (χ0) is 30.5. The van der Waals surface area contributed by atoms with E-state index in [0.29, 0.717) is 41.3 Å². The van der Waals surface area contributed by atoms with E-state index in [4.69, 9.17) is 19.4 Å². The molecular weight excluding hydrogens is 536 g/mol. The van der Waals surface area contributed by atoms with Crippen LogP contribution in [0.2, 0.25) is 0 Å². The Bertz CT molecular complexity index is 1210. The van der Waals surface area contributed by atoms with Gasteiger partial charge in [0.1, 0.15) is 0 Å². The van der Waals surface area contributed by atoms with Crippen LogP contribution in [0, 0.1) is 0 Å². The molecule has 0 bridgehead atoms. The number of rotatable bonds is 25. The standard InChI is InChI=1S/C37H56N2O4/c1-3-5-7-9-11-13-15-17-19-21-25-42-35-28-33-34(39-32-27-30(37(40)41)23-24-31(32)38-33)29-36(35)43-26-22-20-18-16-14-12-10-8-6-4-2/h23-24,27-29H,3-22,25-26H2,1-2H3,(H,40,41). The smallest absolute Gasteiger partial charge is 0.335 e. The zero-order valence-electron chi connectivity index (χ0n) is 27.0. The van der Waals surface area contributed by atoms with Crippen LogP contribution < -0.4 is 9.47 Å². The predicted molar refractivity (Wildman–Crippen MR) is 179 cm³/mol. The van der Waals surface area contributed by atoms with E-state index in [1.807, 2.05) is 12.1 Å². The summed E-state index contributed by atoms with van der Waals surface area (Å²) in [5.74, 6) is 0.435. The Kier molecular flexibility index (Phi) is 16.8. The van der Waals surface area contributed by atoms with Gasteiger partial charge in [0.05, 0.1) is 40.8 Å². The van der Waals surface area contributed by atoms with Gasteiger partial charge in [-0.15, -0.1) is 0 Å². The molecule has 0 aliphatic heterocycles. The number of nitrogens with zero attached hydrogens (tertiary/aromatic N) is 2. The van der Waals surface area contributed by atoms with Gasteiger partial charge in [-0.25, -0.2) is 14.8 Å². The maximum Gasteiger partial charge on any atom is 0.335 e. The topological polar surface area (TPSA) is 81.5 Å². The number of unbranched alkanes of at least 4 members (excludes halogenated alkanes) is 18. The summed E-state index contributed by atoms with van der Waals surface area (Å²) in [5.41, 5.74) is 2.83. The van der Waals surface area contributed by atoms with E-state index >= 15 is 0 Å². The average molecular weight is 593 g/mol. The molecule has 0 atom stereocenters. The third kappa shape index (κ3) is 13.1. The second-order valence-electron chi connectivity index (χ2n) is 12.1. The lowest BCUT2D eigenvalue weighted by atomic mass is 10.1. The Morgan fingerprint density at radius 3 is 1.33 bits per heavy atom. The number of aromatic nitrogens is 2. The second kappa shape index (κ2) is 20.9. The lowest BCUT2D eigenvalue weighted by molar-refractivity contribution is 0.0697. The largest absolute Gasteiger partial charge is 0.490 e. The summed E-state index contributed by atoms with van der Waals surface area (Å²) in [6.45, 7) is 5.82. The van der Waals surface area contributed by atoms with Crippen LogP contribution in [0.3, 0.4) is 0 Å². The molecule has 6 heteroatoms. The number of hydrogen-bond donors (Lipinski definition) is 1. The minimum absolute atomic E-state index is 0.204. The number of carboxylic acids is 1. The van der Waals surface area contributed by atoms with Crippen molar-refractivity contribution in [1.29, 1.82) is 0 Å². The fourth-order valence-corrected chi connectivity index (χ4v) is 5.59. The van der Waals surface area contributed by atoms with Gasteiger partial charge in [0.2, 0.25) is 0 Å². The summed E-state index contributed by atoms with van der Waals surface area (Å²) in [7, 11) is 0. The van der Waals surface area contributed by atoms with Gasteiger partial charge in [-0.2, -0.15) is 0 Å². The van der Waals surface area contributed by atoms with Crippen molar-refractivity contribution in [2.45, 2.75) is 142 Å². The maximum atomic E-state index is 11.5. The number of fused-ring (bicyclic) bond motifs is 2. The van der Waals surface area contributed by atoms with Gasteiger partial charge in [-0.1, -0.05) is 129 Å². The Balaban J connectivity index is 1.53. The number of hydrogen-bond acceptors (Lipinski definition) is 5. The van der Waals surface area contributed by atoms with E-state index in [0.717, 1.165) is 18.4 Å². The molecule has 238 valence electrons. The fourth-order valence-electron chi connectivity index (χ4n) is 5.59. The first kappa shape index (κ1) is 34.6. The van der Waals surface area contributed by atoms with Crippen molar-refractivity contribution >= 4 is 28.0 Å². The lowest BCUT2D eigenvalue weighted by Crippen LogP contribution is -2.04. The first-order valence-electron chi connectivity index (χ1n) is 17.4. The van der Waals surface area contributed by atoms with Gasteiger partial charge in [-0.3, -0.25) is 0 Å². The van der Waals surface area contributed by atoms with Crippen molar-refractivity contribution in [3.05, 3.63) is 35.9 Å². The van der Waals surface area contributed by atoms with Crippen LogP contribution in [-0.2, 0) is 0 Å². The summed E-state index contributed by atoms with van der Waals surface area (Å²) >= 11 is 0. The Morgan fingerprint density at radius 2 is 0.907 bits per heavy atom. The van der Waals surface area contributed by atoms with E-state index in [2.05, 4.69) is 13.8 Å². The molecule has 2 aromatic carbocycles. The molecule has 0 amide bonds. The summed E-state index contributed by atoms with van der Waals surface area (Å²) in [5, 5.41) is 9.39. The van der Waals surface area contributed by atoms with Gasteiger partial charge in [0.15, 0.2) is 11.5 Å². The molecule has 43 heavy (non-hydrogen) atoms. The minimum Gasteiger partial charge on any atom is -0.490 e. The van der Waals surface area contributed by atoms with Crippen molar-refractivity contribution in [2.24, 2.45) is 0 Å². The van der Waals surface area contributed by atoms with Crippen molar-refractivity contribution in [1.82, 2.24) is 9.97 Å². The molecule has 1 heterocycles. The SMILES string of the molecule is CCCCCCCCCCCCOc1cc2nc3ccc(C(=O)O)cc3nc2cc1OCCCCCCCCCCCC. The fraction of sp³-hybridized carbons (Fsp3) is 0.649. The van der Waals surface area contributed by atoms with Gasteiger partial charge in [0, 0.05) is 12.1 Å². The third-order valence-electron chi connectivity index (χ3n) is 8.26. The van der Waals surface area contributed by atoms with E-state index in [1.165, 1.54) is 116 Å². The van der Waals surface area contributed by atoms with Crippen LogP contribution in [0.4, 0.5) is 0 Å². The normalized spacial score (nSPS) is 11.4. The van der Waals surface area contributed by atoms with E-state index in [1.54, 1.807) is 18.2 Å². The van der Waals surface area contributed by atoms with Crippen LogP contribution in [0.5, 0.6) is 11.5 Å². The van der Waals surface area contributed by atoms with Crippen molar-refractivity contribution in [3.63, 3.8) is 0 Å². The van der Waals surface area contributed by atoms with Gasteiger partial charge < -0.3 is 14.6 Å². The molecule has 0 spiro atoms. The highest BCUT2D eigenvalue weighted by molar-refractivity contribution is 5.94. The molecule has 0 saturated heterocycles. The van der Waals surface area contributed by atoms with E-state index < -0.39 is 5.97 Å². The van der Waals surface area contributed by atoms with Gasteiger partial charge in [-0.05, 0) is 31.0 Å². The number of ether oxygens (including phenoxy) is 2. The Morgan fingerprint density at radius 1 is 0.535 bits per heavy atom. The molecule has 6 nitrogen and oxygen atoms in total. The molecule has 0 fully saturated rings. The minimum atomic E-state index is -0.972. The maximum absolute atomic E-state index is 11.5. The number of aromatic carboxylic acids is 1. The number of carbonyl (C=O) groups is 1. The molecule has 3 aromatic rings. The summed E-state index contributed by atoms with van der Waals surface area (Å²) < 4.78 is 12.5. The molecule has 3 rings (SSSR count).